The summed E-state index contributed by atoms with van der Waals surface area (Å²) in [6.45, 7) is 5.56. The molecule has 1 aromatic rings. The number of rotatable bonds is 5. The molecular weight excluding hydrogens is 286 g/mol. The van der Waals surface area contributed by atoms with Gasteiger partial charge in [-0.25, -0.2) is 0 Å². The predicted molar refractivity (Wildman–Crippen MR) is 84.7 cm³/mol. The molecule has 1 aromatic carbocycles. The molecule has 0 aliphatic carbocycles. The molecule has 0 unspecified atom stereocenters. The van der Waals surface area contributed by atoms with Crippen molar-refractivity contribution in [2.45, 2.75) is 25.5 Å². The van der Waals surface area contributed by atoms with Gasteiger partial charge in [0.25, 0.3) is 5.17 Å². The van der Waals surface area contributed by atoms with Crippen molar-refractivity contribution in [1.29, 1.82) is 0 Å². The van der Waals surface area contributed by atoms with Crippen LogP contribution in [-0.4, -0.2) is 39.8 Å². The van der Waals surface area contributed by atoms with Crippen molar-refractivity contribution in [2.75, 3.05) is 6.61 Å². The lowest BCUT2D eigenvalue weighted by Gasteiger charge is -2.25. The molecule has 0 saturated carbocycles. The van der Waals surface area contributed by atoms with Crippen molar-refractivity contribution >= 4 is 23.3 Å². The molecule has 4 nitrogen and oxygen atoms in total. The van der Waals surface area contributed by atoms with Crippen molar-refractivity contribution in [3.63, 3.8) is 0 Å². The minimum atomic E-state index is -0.890. The second-order valence-electron chi connectivity index (χ2n) is 5.14. The van der Waals surface area contributed by atoms with Gasteiger partial charge in [0.2, 0.25) is 5.91 Å². The Morgan fingerprint density at radius 1 is 1.57 bits per heavy atom. The number of aliphatic hydroxyl groups is 1. The monoisotopic (exact) mass is 305 g/mol. The van der Waals surface area contributed by atoms with Crippen LogP contribution in [0.25, 0.3) is 0 Å². The molecule has 1 aliphatic rings. The average molecular weight is 305 g/mol. The lowest BCUT2D eigenvalue weighted by molar-refractivity contribution is -0.134. The van der Waals surface area contributed by atoms with Crippen LogP contribution >= 0.6 is 12.2 Å². The maximum atomic E-state index is 12.5. The largest absolute Gasteiger partial charge is 0.468 e. The third kappa shape index (κ3) is 3.49. The van der Waals surface area contributed by atoms with E-state index in [4.69, 9.17) is 17.0 Å². The Balaban J connectivity index is 2.13. The molecule has 3 atom stereocenters. The minimum absolute atomic E-state index is 0.133. The molecule has 2 rings (SSSR count). The highest BCUT2D eigenvalue weighted by Crippen LogP contribution is 2.21. The second kappa shape index (κ2) is 6.83. The number of nitrogens with zero attached hydrogens (tertiary/aromatic N) is 1. The summed E-state index contributed by atoms with van der Waals surface area (Å²) in [5.41, 5.74) is 1.12. The van der Waals surface area contributed by atoms with Crippen LogP contribution in [0.1, 0.15) is 12.5 Å². The molecule has 0 aromatic heterocycles. The van der Waals surface area contributed by atoms with Crippen LogP contribution < -0.4 is 0 Å². The number of ether oxygens (including phenoxy) is 1. The number of benzene rings is 1. The number of hydrogen-bond acceptors (Lipinski definition) is 4. The summed E-state index contributed by atoms with van der Waals surface area (Å²) in [6.07, 6.45) is 1.14. The Hall–Kier alpha value is -1.72. The van der Waals surface area contributed by atoms with Gasteiger partial charge in [-0.2, -0.15) is 0 Å². The lowest BCUT2D eigenvalue weighted by atomic mass is 10.0. The fourth-order valence-electron chi connectivity index (χ4n) is 2.34. The summed E-state index contributed by atoms with van der Waals surface area (Å²) < 4.78 is 5.36. The van der Waals surface area contributed by atoms with Crippen LogP contribution in [0.4, 0.5) is 0 Å². The molecule has 1 fully saturated rings. The number of hydrogen-bond donors (Lipinski definition) is 1. The van der Waals surface area contributed by atoms with Crippen molar-refractivity contribution in [3.8, 4) is 0 Å². The van der Waals surface area contributed by atoms with Crippen LogP contribution in [0.3, 0.4) is 0 Å². The molecule has 0 bridgehead atoms. The van der Waals surface area contributed by atoms with Crippen molar-refractivity contribution < 1.29 is 14.6 Å². The van der Waals surface area contributed by atoms with Gasteiger partial charge in [0.15, 0.2) is 0 Å². The zero-order valence-corrected chi connectivity index (χ0v) is 12.8. The van der Waals surface area contributed by atoms with E-state index in [1.807, 2.05) is 30.3 Å². The molecule has 5 heteroatoms. The van der Waals surface area contributed by atoms with Gasteiger partial charge >= 0.3 is 0 Å². The molecule has 1 amide bonds. The zero-order valence-electron chi connectivity index (χ0n) is 11.9. The van der Waals surface area contributed by atoms with E-state index in [0.29, 0.717) is 13.0 Å². The first-order valence-corrected chi connectivity index (χ1v) is 7.29. The normalized spacial score (nSPS) is 20.8. The van der Waals surface area contributed by atoms with E-state index in [1.165, 1.54) is 11.0 Å². The molecule has 1 heterocycles. The van der Waals surface area contributed by atoms with E-state index in [0.717, 1.165) is 5.56 Å². The van der Waals surface area contributed by atoms with Crippen molar-refractivity contribution in [1.82, 2.24) is 4.90 Å². The summed E-state index contributed by atoms with van der Waals surface area (Å²) in [7, 11) is 0. The average Bonchev–Trinajstić information content (AvgIpc) is 2.86. The smallest absolute Gasteiger partial charge is 0.266 e. The van der Waals surface area contributed by atoms with Gasteiger partial charge in [-0.3, -0.25) is 9.69 Å². The topological polar surface area (TPSA) is 49.8 Å². The van der Waals surface area contributed by atoms with Gasteiger partial charge in [0.1, 0.15) is 6.61 Å². The van der Waals surface area contributed by atoms with E-state index in [2.05, 4.69) is 6.58 Å². The highest BCUT2D eigenvalue weighted by molar-refractivity contribution is 7.80. The van der Waals surface area contributed by atoms with Crippen LogP contribution in [0.5, 0.6) is 0 Å². The van der Waals surface area contributed by atoms with E-state index < -0.39 is 12.0 Å². The Labute approximate surface area is 130 Å². The van der Waals surface area contributed by atoms with E-state index in [-0.39, 0.29) is 17.1 Å². The Kier molecular flexibility index (Phi) is 5.09. The Bertz CT molecular complexity index is 532. The fourth-order valence-corrected chi connectivity index (χ4v) is 2.64. The number of aliphatic hydroxyl groups excluding tert-OH is 1. The number of carbonyl (C=O) groups excluding carboxylic acids is 1. The lowest BCUT2D eigenvalue weighted by Crippen LogP contribution is -2.45. The highest BCUT2D eigenvalue weighted by atomic mass is 32.1. The van der Waals surface area contributed by atoms with Gasteiger partial charge < -0.3 is 9.84 Å². The Morgan fingerprint density at radius 3 is 2.86 bits per heavy atom. The molecule has 1 N–H and O–H groups in total. The third-order valence-electron chi connectivity index (χ3n) is 3.66. The van der Waals surface area contributed by atoms with Gasteiger partial charge in [0.05, 0.1) is 18.1 Å². The molecule has 112 valence electrons. The standard InChI is InChI=1S/C16H19NO3S/c1-3-14(18)11(2)15(19)17-13(10-20-16(17)21)9-12-7-5-4-6-8-12/h3-8,11,13-14,18H,1,9-10H2,2H3/t11-,13-,14+/m1/s1. The third-order valence-corrected chi connectivity index (χ3v) is 3.97. The first-order chi connectivity index (χ1) is 10.0. The summed E-state index contributed by atoms with van der Waals surface area (Å²) in [6, 6.07) is 9.74. The summed E-state index contributed by atoms with van der Waals surface area (Å²) in [5.74, 6) is -0.828. The molecule has 0 spiro atoms. The molecule has 0 radical (unpaired) electrons. The number of thiocarbonyl (C=S) groups is 1. The van der Waals surface area contributed by atoms with Gasteiger partial charge in [0, 0.05) is 0 Å². The minimum Gasteiger partial charge on any atom is -0.468 e. The quantitative estimate of drug-likeness (QED) is 0.667. The van der Waals surface area contributed by atoms with Crippen molar-refractivity contribution in [2.24, 2.45) is 5.92 Å². The van der Waals surface area contributed by atoms with Crippen LogP contribution in [0, 0.1) is 5.92 Å². The highest BCUT2D eigenvalue weighted by Gasteiger charge is 2.38. The molecule has 21 heavy (non-hydrogen) atoms. The number of amides is 1. The maximum Gasteiger partial charge on any atom is 0.266 e. The van der Waals surface area contributed by atoms with Gasteiger partial charge in [-0.1, -0.05) is 43.3 Å². The van der Waals surface area contributed by atoms with E-state index in [1.54, 1.807) is 6.92 Å². The zero-order chi connectivity index (χ0) is 15.4. The van der Waals surface area contributed by atoms with Gasteiger partial charge in [-0.05, 0) is 24.2 Å². The molecular formula is C16H19NO3S. The van der Waals surface area contributed by atoms with Crippen molar-refractivity contribution in [3.05, 3.63) is 48.6 Å². The summed E-state index contributed by atoms with van der Waals surface area (Å²) in [4.78, 5) is 14.0. The summed E-state index contributed by atoms with van der Waals surface area (Å²) >= 11 is 5.13. The first-order valence-electron chi connectivity index (χ1n) is 6.89. The van der Waals surface area contributed by atoms with E-state index >= 15 is 0 Å². The first kappa shape index (κ1) is 15.7. The molecule has 1 saturated heterocycles. The maximum absolute atomic E-state index is 12.5. The van der Waals surface area contributed by atoms with Crippen LogP contribution in [-0.2, 0) is 16.0 Å². The second-order valence-corrected chi connectivity index (χ2v) is 5.49. The van der Waals surface area contributed by atoms with E-state index in [9.17, 15) is 9.90 Å². The SMILES string of the molecule is C=C[C@H](O)[C@@H](C)C(=O)N1C(=S)OC[C@H]1Cc1ccccc1. The number of carbonyl (C=O) groups is 1. The molecule has 1 aliphatic heterocycles. The van der Waals surface area contributed by atoms with Crippen LogP contribution in [0.15, 0.2) is 43.0 Å². The van der Waals surface area contributed by atoms with Crippen LogP contribution in [0.2, 0.25) is 0 Å². The fraction of sp³-hybridized carbons (Fsp3) is 0.375. The Morgan fingerprint density at radius 2 is 2.24 bits per heavy atom. The summed E-state index contributed by atoms with van der Waals surface area (Å²) in [5, 5.41) is 9.95. The van der Waals surface area contributed by atoms with Gasteiger partial charge in [-0.15, -0.1) is 6.58 Å². The predicted octanol–water partition coefficient (Wildman–Crippen LogP) is 1.92.